The first kappa shape index (κ1) is 18.2. The number of aromatic carboxylic acids is 1. The quantitative estimate of drug-likeness (QED) is 0.724. The standard InChI is InChI=1S/C12H15Cl2NO5S/c1-3-12(2,18)6-15-21(19,20)10-4-7(11(16)17)8(13)5-9(10)14/h4-5,15,18H,3,6H2,1-2H3,(H,16,17). The lowest BCUT2D eigenvalue weighted by Crippen LogP contribution is -2.40. The summed E-state index contributed by atoms with van der Waals surface area (Å²) in [5, 5.41) is 18.4. The van der Waals surface area contributed by atoms with Gasteiger partial charge in [0.05, 0.1) is 21.2 Å². The highest BCUT2D eigenvalue weighted by molar-refractivity contribution is 7.89. The molecule has 1 aromatic carbocycles. The third kappa shape index (κ3) is 4.55. The van der Waals surface area contributed by atoms with Crippen LogP contribution in [-0.4, -0.2) is 36.7 Å². The molecule has 0 spiro atoms. The van der Waals surface area contributed by atoms with E-state index in [1.165, 1.54) is 6.92 Å². The molecule has 0 bridgehead atoms. The van der Waals surface area contributed by atoms with Crippen molar-refractivity contribution in [3.8, 4) is 0 Å². The Morgan fingerprint density at radius 3 is 2.38 bits per heavy atom. The van der Waals surface area contributed by atoms with Gasteiger partial charge < -0.3 is 10.2 Å². The number of rotatable bonds is 6. The van der Waals surface area contributed by atoms with Gasteiger partial charge in [0, 0.05) is 6.54 Å². The molecule has 1 aromatic rings. The zero-order chi connectivity index (χ0) is 16.4. The Morgan fingerprint density at radius 1 is 1.33 bits per heavy atom. The summed E-state index contributed by atoms with van der Waals surface area (Å²) in [5.41, 5.74) is -1.59. The third-order valence-electron chi connectivity index (χ3n) is 2.95. The second-order valence-electron chi connectivity index (χ2n) is 4.74. The van der Waals surface area contributed by atoms with E-state index < -0.39 is 26.5 Å². The maximum atomic E-state index is 12.2. The van der Waals surface area contributed by atoms with Crippen LogP contribution < -0.4 is 4.72 Å². The van der Waals surface area contributed by atoms with Crippen molar-refractivity contribution in [2.75, 3.05) is 6.54 Å². The summed E-state index contributed by atoms with van der Waals surface area (Å²) < 4.78 is 26.5. The zero-order valence-electron chi connectivity index (χ0n) is 11.4. The van der Waals surface area contributed by atoms with Gasteiger partial charge in [-0.15, -0.1) is 0 Å². The van der Waals surface area contributed by atoms with Gasteiger partial charge >= 0.3 is 5.97 Å². The lowest BCUT2D eigenvalue weighted by atomic mass is 10.1. The van der Waals surface area contributed by atoms with Crippen LogP contribution in [0.4, 0.5) is 0 Å². The molecule has 0 fully saturated rings. The molecule has 0 radical (unpaired) electrons. The second-order valence-corrected chi connectivity index (χ2v) is 7.29. The van der Waals surface area contributed by atoms with Crippen molar-refractivity contribution in [2.24, 2.45) is 0 Å². The maximum absolute atomic E-state index is 12.2. The van der Waals surface area contributed by atoms with Gasteiger partial charge in [-0.1, -0.05) is 30.1 Å². The number of aliphatic hydroxyl groups is 1. The number of nitrogens with one attached hydrogen (secondary N) is 1. The van der Waals surface area contributed by atoms with Crippen LogP contribution in [0.5, 0.6) is 0 Å². The Kier molecular flexibility index (Phi) is 5.63. The summed E-state index contributed by atoms with van der Waals surface area (Å²) >= 11 is 11.5. The summed E-state index contributed by atoms with van der Waals surface area (Å²) in [6.45, 7) is 2.95. The van der Waals surface area contributed by atoms with Gasteiger partial charge in [-0.25, -0.2) is 17.9 Å². The van der Waals surface area contributed by atoms with Crippen LogP contribution in [0.2, 0.25) is 10.0 Å². The van der Waals surface area contributed by atoms with Crippen LogP contribution in [0.3, 0.4) is 0 Å². The number of hydrogen-bond acceptors (Lipinski definition) is 4. The molecular formula is C12H15Cl2NO5S. The Morgan fingerprint density at radius 2 is 1.90 bits per heavy atom. The molecule has 0 saturated heterocycles. The molecule has 118 valence electrons. The first-order valence-electron chi connectivity index (χ1n) is 5.94. The molecule has 0 aliphatic rings. The number of carbonyl (C=O) groups is 1. The Bertz CT molecular complexity index is 658. The molecule has 9 heteroatoms. The summed E-state index contributed by atoms with van der Waals surface area (Å²) in [6, 6.07) is 1.94. The fraction of sp³-hybridized carbons (Fsp3) is 0.417. The third-order valence-corrected chi connectivity index (χ3v) is 5.12. The Balaban J connectivity index is 3.20. The van der Waals surface area contributed by atoms with E-state index in [2.05, 4.69) is 4.72 Å². The Hall–Kier alpha value is -0.860. The Labute approximate surface area is 132 Å². The van der Waals surface area contributed by atoms with Gasteiger partial charge in [0.1, 0.15) is 4.90 Å². The molecular weight excluding hydrogens is 341 g/mol. The topological polar surface area (TPSA) is 104 Å². The smallest absolute Gasteiger partial charge is 0.337 e. The number of benzene rings is 1. The fourth-order valence-corrected chi connectivity index (χ4v) is 3.37. The predicted octanol–water partition coefficient (Wildman–Crippen LogP) is 2.13. The van der Waals surface area contributed by atoms with Crippen molar-refractivity contribution in [3.05, 3.63) is 27.7 Å². The van der Waals surface area contributed by atoms with Crippen LogP contribution in [-0.2, 0) is 10.0 Å². The van der Waals surface area contributed by atoms with Crippen molar-refractivity contribution in [1.29, 1.82) is 0 Å². The molecule has 6 nitrogen and oxygen atoms in total. The van der Waals surface area contributed by atoms with E-state index in [1.54, 1.807) is 6.92 Å². The van der Waals surface area contributed by atoms with Crippen LogP contribution in [0.25, 0.3) is 0 Å². The van der Waals surface area contributed by atoms with E-state index in [1.807, 2.05) is 0 Å². The van der Waals surface area contributed by atoms with Crippen molar-refractivity contribution >= 4 is 39.2 Å². The van der Waals surface area contributed by atoms with Gasteiger partial charge in [-0.05, 0) is 25.5 Å². The SMILES string of the molecule is CCC(C)(O)CNS(=O)(=O)c1cc(C(=O)O)c(Cl)cc1Cl. The summed E-state index contributed by atoms with van der Waals surface area (Å²) in [6.07, 6.45) is 0.338. The van der Waals surface area contributed by atoms with Gasteiger partial charge in [0.25, 0.3) is 0 Å². The van der Waals surface area contributed by atoms with Gasteiger partial charge in [0.15, 0.2) is 0 Å². The number of carboxylic acids is 1. The molecule has 0 saturated carbocycles. The lowest BCUT2D eigenvalue weighted by molar-refractivity contribution is 0.0613. The van der Waals surface area contributed by atoms with Crippen LogP contribution in [0, 0.1) is 0 Å². The van der Waals surface area contributed by atoms with Crippen LogP contribution in [0.15, 0.2) is 17.0 Å². The van der Waals surface area contributed by atoms with Gasteiger partial charge in [-0.2, -0.15) is 0 Å². The largest absolute Gasteiger partial charge is 0.478 e. The zero-order valence-corrected chi connectivity index (χ0v) is 13.7. The monoisotopic (exact) mass is 355 g/mol. The van der Waals surface area contributed by atoms with E-state index in [9.17, 15) is 18.3 Å². The lowest BCUT2D eigenvalue weighted by Gasteiger charge is -2.21. The molecule has 0 aliphatic heterocycles. The first-order chi connectivity index (χ1) is 9.50. The number of sulfonamides is 1. The number of halogens is 2. The molecule has 21 heavy (non-hydrogen) atoms. The molecule has 0 aromatic heterocycles. The van der Waals surface area contributed by atoms with E-state index in [0.29, 0.717) is 6.42 Å². The first-order valence-corrected chi connectivity index (χ1v) is 8.18. The van der Waals surface area contributed by atoms with Crippen LogP contribution >= 0.6 is 23.2 Å². The summed E-state index contributed by atoms with van der Waals surface area (Å²) in [7, 11) is -4.07. The van der Waals surface area contributed by atoms with E-state index >= 15 is 0 Å². The number of hydrogen-bond donors (Lipinski definition) is 3. The van der Waals surface area contributed by atoms with Crippen molar-refractivity contribution in [2.45, 2.75) is 30.8 Å². The maximum Gasteiger partial charge on any atom is 0.337 e. The highest BCUT2D eigenvalue weighted by Gasteiger charge is 2.26. The highest BCUT2D eigenvalue weighted by atomic mass is 35.5. The minimum atomic E-state index is -4.07. The average Bonchev–Trinajstić information content (AvgIpc) is 2.36. The van der Waals surface area contributed by atoms with Crippen LogP contribution in [0.1, 0.15) is 30.6 Å². The van der Waals surface area contributed by atoms with E-state index in [4.69, 9.17) is 28.3 Å². The number of carboxylic acid groups (broad SMARTS) is 1. The van der Waals surface area contributed by atoms with E-state index in [0.717, 1.165) is 12.1 Å². The molecule has 1 atom stereocenters. The van der Waals surface area contributed by atoms with Crippen molar-refractivity contribution in [3.63, 3.8) is 0 Å². The molecule has 0 heterocycles. The molecule has 1 rings (SSSR count). The van der Waals surface area contributed by atoms with Gasteiger partial charge in [0.2, 0.25) is 10.0 Å². The second kappa shape index (κ2) is 6.50. The molecule has 1 unspecified atom stereocenters. The average molecular weight is 356 g/mol. The predicted molar refractivity (Wildman–Crippen MR) is 79.5 cm³/mol. The minimum absolute atomic E-state index is 0.160. The molecule has 3 N–H and O–H groups in total. The summed E-state index contributed by atoms with van der Waals surface area (Å²) in [5.74, 6) is -1.37. The molecule has 0 aliphatic carbocycles. The highest BCUT2D eigenvalue weighted by Crippen LogP contribution is 2.28. The van der Waals surface area contributed by atoms with Crippen molar-refractivity contribution < 1.29 is 23.4 Å². The minimum Gasteiger partial charge on any atom is -0.478 e. The van der Waals surface area contributed by atoms with Crippen molar-refractivity contribution in [1.82, 2.24) is 4.72 Å². The van der Waals surface area contributed by atoms with Gasteiger partial charge in [-0.3, -0.25) is 0 Å². The normalized spacial score (nSPS) is 14.7. The van der Waals surface area contributed by atoms with E-state index in [-0.39, 0.29) is 22.2 Å². The molecule has 0 amide bonds. The summed E-state index contributed by atoms with van der Waals surface area (Å²) in [4.78, 5) is 10.6. The fourth-order valence-electron chi connectivity index (χ4n) is 1.35.